The molecule has 3 aromatic rings. The van der Waals surface area contributed by atoms with Crippen molar-refractivity contribution in [1.82, 2.24) is 9.88 Å². The maximum atomic E-state index is 12.5. The lowest BCUT2D eigenvalue weighted by atomic mass is 9.90. The van der Waals surface area contributed by atoms with Gasteiger partial charge in [-0.3, -0.25) is 14.5 Å². The number of carbonyl (C=O) groups excluding carboxylic acids is 1. The Kier molecular flexibility index (Phi) is 7.29. The van der Waals surface area contributed by atoms with Crippen molar-refractivity contribution in [2.75, 3.05) is 25.0 Å². The number of fused-ring (bicyclic) bond motifs is 1. The number of amides is 1. The average Bonchev–Trinajstić information content (AvgIpc) is 2.72. The smallest absolute Gasteiger partial charge is 0.272 e. The van der Waals surface area contributed by atoms with Gasteiger partial charge in [0, 0.05) is 5.39 Å². The second-order valence-corrected chi connectivity index (χ2v) is 8.01. The molecule has 1 aliphatic heterocycles. The number of aryl methyl sites for hydroxylation is 1. The number of piperidine rings is 1. The van der Waals surface area contributed by atoms with Crippen LogP contribution in [0, 0.1) is 12.8 Å². The molecule has 2 N–H and O–H groups in total. The lowest BCUT2D eigenvalue weighted by Gasteiger charge is -2.31. The van der Waals surface area contributed by atoms with E-state index in [-0.39, 0.29) is 23.9 Å². The molecule has 5 nitrogen and oxygen atoms in total. The number of halogens is 1. The maximum Gasteiger partial charge on any atom is 0.272 e. The maximum absolute atomic E-state index is 12.5. The van der Waals surface area contributed by atoms with Gasteiger partial charge in [-0.2, -0.15) is 0 Å². The van der Waals surface area contributed by atoms with Crippen molar-refractivity contribution in [2.45, 2.75) is 26.2 Å². The summed E-state index contributed by atoms with van der Waals surface area (Å²) in [6.45, 7) is 4.11. The number of aromatic nitrogens is 1. The first-order valence-electron chi connectivity index (χ1n) is 10.3. The second-order valence-electron chi connectivity index (χ2n) is 8.01. The molecule has 4 rings (SSSR count). The van der Waals surface area contributed by atoms with Gasteiger partial charge in [-0.15, -0.1) is 12.4 Å². The predicted molar refractivity (Wildman–Crippen MR) is 124 cm³/mol. The third-order valence-corrected chi connectivity index (χ3v) is 5.80. The Balaban J connectivity index is 0.00000256. The number of nitrogens with zero attached hydrogens (tertiary/aromatic N) is 1. The quantitative estimate of drug-likeness (QED) is 0.645. The Labute approximate surface area is 182 Å². The fourth-order valence-electron chi connectivity index (χ4n) is 4.17. The summed E-state index contributed by atoms with van der Waals surface area (Å²) in [6, 6.07) is 18.2. The van der Waals surface area contributed by atoms with Gasteiger partial charge in [0.15, 0.2) is 0 Å². The number of hydrogen-bond acceptors (Lipinski definition) is 3. The van der Waals surface area contributed by atoms with Crippen LogP contribution in [-0.2, 0) is 11.2 Å². The van der Waals surface area contributed by atoms with Crippen LogP contribution in [0.2, 0.25) is 0 Å². The number of anilines is 1. The molecule has 1 aliphatic rings. The number of rotatable bonds is 5. The number of para-hydroxylation sites is 1. The van der Waals surface area contributed by atoms with Gasteiger partial charge in [-0.05, 0) is 62.4 Å². The minimum absolute atomic E-state index is 0. The van der Waals surface area contributed by atoms with Gasteiger partial charge in [0.25, 0.3) is 5.56 Å². The number of carbonyl (C=O) groups is 1. The number of H-pyrrole nitrogens is 1. The van der Waals surface area contributed by atoms with Crippen LogP contribution < -0.4 is 10.9 Å². The van der Waals surface area contributed by atoms with Crippen molar-refractivity contribution in [1.29, 1.82) is 0 Å². The molecule has 1 aromatic heterocycles. The Bertz CT molecular complexity index is 1060. The summed E-state index contributed by atoms with van der Waals surface area (Å²) in [7, 11) is 0. The number of pyridine rings is 1. The number of benzene rings is 2. The molecule has 30 heavy (non-hydrogen) atoms. The zero-order valence-corrected chi connectivity index (χ0v) is 18.0. The summed E-state index contributed by atoms with van der Waals surface area (Å²) in [5, 5.41) is 3.71. The normalized spacial score (nSPS) is 15.0. The average molecular weight is 426 g/mol. The first kappa shape index (κ1) is 22.1. The van der Waals surface area contributed by atoms with Crippen molar-refractivity contribution in [2.24, 2.45) is 5.92 Å². The van der Waals surface area contributed by atoms with E-state index in [2.05, 4.69) is 39.5 Å². The number of hydrogen-bond donors (Lipinski definition) is 2. The molecular formula is C24H28ClN3O2. The fourth-order valence-corrected chi connectivity index (χ4v) is 4.17. The summed E-state index contributed by atoms with van der Waals surface area (Å²) >= 11 is 0. The van der Waals surface area contributed by atoms with Crippen LogP contribution in [0.1, 0.15) is 24.0 Å². The van der Waals surface area contributed by atoms with Crippen molar-refractivity contribution >= 4 is 34.9 Å². The van der Waals surface area contributed by atoms with E-state index in [0.717, 1.165) is 48.8 Å². The van der Waals surface area contributed by atoms with Crippen LogP contribution in [0.5, 0.6) is 0 Å². The zero-order chi connectivity index (χ0) is 20.2. The highest BCUT2D eigenvalue weighted by Gasteiger charge is 2.21. The third-order valence-electron chi connectivity index (χ3n) is 5.80. The molecule has 0 spiro atoms. The van der Waals surface area contributed by atoms with E-state index in [9.17, 15) is 9.59 Å². The fraction of sp³-hybridized carbons (Fsp3) is 0.333. The van der Waals surface area contributed by atoms with Crippen LogP contribution in [0.15, 0.2) is 59.4 Å². The van der Waals surface area contributed by atoms with Crippen LogP contribution in [-0.4, -0.2) is 35.4 Å². The molecular weight excluding hydrogens is 398 g/mol. The SMILES string of the molecule is Cc1cccc2cc(NC(=O)CN3CCC(Cc4ccccc4)CC3)c(=O)[nH]c12.Cl. The second kappa shape index (κ2) is 9.92. The van der Waals surface area contributed by atoms with Gasteiger partial charge >= 0.3 is 0 Å². The topological polar surface area (TPSA) is 65.2 Å². The van der Waals surface area contributed by atoms with Gasteiger partial charge in [-0.25, -0.2) is 0 Å². The molecule has 6 heteroatoms. The van der Waals surface area contributed by atoms with Crippen LogP contribution >= 0.6 is 12.4 Å². The van der Waals surface area contributed by atoms with Crippen molar-refractivity contribution in [3.63, 3.8) is 0 Å². The molecule has 2 aromatic carbocycles. The Morgan fingerprint density at radius 2 is 1.83 bits per heavy atom. The highest BCUT2D eigenvalue weighted by atomic mass is 35.5. The third kappa shape index (κ3) is 5.29. The number of likely N-dealkylation sites (tertiary alicyclic amines) is 1. The van der Waals surface area contributed by atoms with Crippen LogP contribution in [0.3, 0.4) is 0 Å². The minimum atomic E-state index is -0.262. The number of nitrogens with one attached hydrogen (secondary N) is 2. The Morgan fingerprint density at radius 1 is 1.10 bits per heavy atom. The van der Waals surface area contributed by atoms with Gasteiger partial charge in [-0.1, -0.05) is 48.5 Å². The molecule has 0 radical (unpaired) electrons. The lowest BCUT2D eigenvalue weighted by Crippen LogP contribution is -2.40. The largest absolute Gasteiger partial charge is 0.320 e. The molecule has 158 valence electrons. The molecule has 0 atom stereocenters. The van der Waals surface area contributed by atoms with Crippen molar-refractivity contribution in [3.05, 3.63) is 76.1 Å². The van der Waals surface area contributed by atoms with E-state index in [1.807, 2.05) is 31.2 Å². The van der Waals surface area contributed by atoms with E-state index < -0.39 is 0 Å². The standard InChI is InChI=1S/C24H27N3O2.ClH/c1-17-6-5-9-20-15-21(24(29)26-23(17)20)25-22(28)16-27-12-10-19(11-13-27)14-18-7-3-2-4-8-18;/h2-9,15,19H,10-14,16H2,1H3,(H,25,28)(H,26,29);1H. The molecule has 1 saturated heterocycles. The van der Waals surface area contributed by atoms with Gasteiger partial charge < -0.3 is 10.3 Å². The summed E-state index contributed by atoms with van der Waals surface area (Å²) < 4.78 is 0. The molecule has 2 heterocycles. The summed E-state index contributed by atoms with van der Waals surface area (Å²) in [5.41, 5.74) is 3.26. The van der Waals surface area contributed by atoms with Crippen molar-refractivity contribution < 1.29 is 4.79 Å². The van der Waals surface area contributed by atoms with E-state index in [1.54, 1.807) is 6.07 Å². The van der Waals surface area contributed by atoms with Gasteiger partial charge in [0.2, 0.25) is 5.91 Å². The van der Waals surface area contributed by atoms with E-state index in [0.29, 0.717) is 18.2 Å². The lowest BCUT2D eigenvalue weighted by molar-refractivity contribution is -0.117. The molecule has 1 fully saturated rings. The summed E-state index contributed by atoms with van der Waals surface area (Å²) in [6.07, 6.45) is 3.29. The van der Waals surface area contributed by atoms with E-state index in [4.69, 9.17) is 0 Å². The monoisotopic (exact) mass is 425 g/mol. The zero-order valence-electron chi connectivity index (χ0n) is 17.2. The van der Waals surface area contributed by atoms with Crippen LogP contribution in [0.4, 0.5) is 5.69 Å². The first-order valence-corrected chi connectivity index (χ1v) is 10.3. The highest BCUT2D eigenvalue weighted by molar-refractivity contribution is 5.94. The van der Waals surface area contributed by atoms with Crippen molar-refractivity contribution in [3.8, 4) is 0 Å². The summed E-state index contributed by atoms with van der Waals surface area (Å²) in [4.78, 5) is 29.9. The first-order chi connectivity index (χ1) is 14.1. The molecule has 1 amide bonds. The molecule has 0 bridgehead atoms. The highest BCUT2D eigenvalue weighted by Crippen LogP contribution is 2.22. The number of aromatic amines is 1. The van der Waals surface area contributed by atoms with Crippen LogP contribution in [0.25, 0.3) is 10.9 Å². The van der Waals surface area contributed by atoms with Gasteiger partial charge in [0.05, 0.1) is 12.1 Å². The van der Waals surface area contributed by atoms with E-state index >= 15 is 0 Å². The Hall–Kier alpha value is -2.63. The summed E-state index contributed by atoms with van der Waals surface area (Å²) in [5.74, 6) is 0.535. The molecule has 0 saturated carbocycles. The Morgan fingerprint density at radius 3 is 2.57 bits per heavy atom. The predicted octanol–water partition coefficient (Wildman–Crippen LogP) is 4.15. The van der Waals surface area contributed by atoms with E-state index in [1.165, 1.54) is 5.56 Å². The molecule has 0 aliphatic carbocycles. The van der Waals surface area contributed by atoms with Gasteiger partial charge in [0.1, 0.15) is 5.69 Å². The minimum Gasteiger partial charge on any atom is -0.320 e. The molecule has 0 unspecified atom stereocenters.